The number of thiophene rings is 1. The highest BCUT2D eigenvalue weighted by molar-refractivity contribution is 7.13. The quantitative estimate of drug-likeness (QED) is 0.826. The second kappa shape index (κ2) is 7.43. The van der Waals surface area contributed by atoms with Crippen molar-refractivity contribution in [1.82, 2.24) is 14.8 Å². The van der Waals surface area contributed by atoms with Gasteiger partial charge in [-0.1, -0.05) is 0 Å². The molecule has 0 radical (unpaired) electrons. The number of thiazole rings is 1. The number of carbonyl (C=O) groups excluding carboxylic acids is 1. The van der Waals surface area contributed by atoms with E-state index in [1.165, 1.54) is 10.4 Å². The van der Waals surface area contributed by atoms with Crippen molar-refractivity contribution >= 4 is 33.7 Å². The summed E-state index contributed by atoms with van der Waals surface area (Å²) in [7, 11) is 0. The fourth-order valence-corrected chi connectivity index (χ4v) is 5.33. The number of aromatic nitrogens is 1. The van der Waals surface area contributed by atoms with Gasteiger partial charge in [0.25, 0.3) is 0 Å². The summed E-state index contributed by atoms with van der Waals surface area (Å²) in [5.74, 6) is 0.277. The Hall–Kier alpha value is -1.44. The lowest BCUT2D eigenvalue weighted by atomic mass is 10.1. The summed E-state index contributed by atoms with van der Waals surface area (Å²) in [4.78, 5) is 25.6. The van der Waals surface area contributed by atoms with Crippen LogP contribution < -0.4 is 4.90 Å². The van der Waals surface area contributed by atoms with Crippen molar-refractivity contribution < 1.29 is 4.79 Å². The number of hydrogen-bond donors (Lipinski definition) is 0. The van der Waals surface area contributed by atoms with Crippen molar-refractivity contribution in [2.75, 3.05) is 37.6 Å². The van der Waals surface area contributed by atoms with Gasteiger partial charge >= 0.3 is 0 Å². The molecule has 25 heavy (non-hydrogen) atoms. The number of amides is 1. The molecule has 0 aliphatic carbocycles. The Bertz CT molecular complexity index is 714. The van der Waals surface area contributed by atoms with Gasteiger partial charge in [0.2, 0.25) is 5.91 Å². The highest BCUT2D eigenvalue weighted by Gasteiger charge is 2.30. The fourth-order valence-electron chi connectivity index (χ4n) is 3.75. The molecule has 5 nitrogen and oxygen atoms in total. The third kappa shape index (κ3) is 3.59. The first-order valence-corrected chi connectivity index (χ1v) is 10.7. The van der Waals surface area contributed by atoms with Gasteiger partial charge < -0.3 is 9.80 Å². The Balaban J connectivity index is 1.37. The van der Waals surface area contributed by atoms with Crippen LogP contribution in [0.2, 0.25) is 0 Å². The van der Waals surface area contributed by atoms with Crippen LogP contribution >= 0.6 is 22.7 Å². The molecule has 4 heterocycles. The van der Waals surface area contributed by atoms with Gasteiger partial charge in [-0.2, -0.15) is 0 Å². The Labute approximate surface area is 156 Å². The normalized spacial score (nSPS) is 20.2. The number of anilines is 1. The molecular formula is C18H24N4OS2. The Morgan fingerprint density at radius 3 is 2.92 bits per heavy atom. The molecule has 1 fully saturated rings. The van der Waals surface area contributed by atoms with Crippen LogP contribution in [0.5, 0.6) is 0 Å². The molecule has 2 aliphatic rings. The minimum absolute atomic E-state index is 0.0450. The van der Waals surface area contributed by atoms with Crippen LogP contribution in [0.1, 0.15) is 23.8 Å². The average Bonchev–Trinajstić information content (AvgIpc) is 3.27. The van der Waals surface area contributed by atoms with Crippen LogP contribution in [0.4, 0.5) is 5.13 Å². The monoisotopic (exact) mass is 376 g/mol. The van der Waals surface area contributed by atoms with Gasteiger partial charge in [-0.05, 0) is 36.8 Å². The van der Waals surface area contributed by atoms with Gasteiger partial charge in [-0.25, -0.2) is 4.98 Å². The SMILES string of the molecule is C[C@@H](C(=O)N1CCc2sccc2C1)N1CCCN(c2nccs2)CC1. The smallest absolute Gasteiger partial charge is 0.239 e. The van der Waals surface area contributed by atoms with Gasteiger partial charge in [0.05, 0.1) is 6.04 Å². The van der Waals surface area contributed by atoms with Crippen molar-refractivity contribution in [3.05, 3.63) is 33.5 Å². The van der Waals surface area contributed by atoms with E-state index in [9.17, 15) is 4.79 Å². The molecule has 4 rings (SSSR count). The zero-order valence-corrected chi connectivity index (χ0v) is 16.2. The van der Waals surface area contributed by atoms with E-state index in [0.29, 0.717) is 0 Å². The molecule has 2 aliphatic heterocycles. The summed E-state index contributed by atoms with van der Waals surface area (Å²) in [6.07, 6.45) is 3.94. The van der Waals surface area contributed by atoms with Crippen LogP contribution in [-0.2, 0) is 17.8 Å². The molecule has 134 valence electrons. The van der Waals surface area contributed by atoms with E-state index < -0.39 is 0 Å². The van der Waals surface area contributed by atoms with E-state index in [2.05, 4.69) is 33.2 Å². The molecule has 0 unspecified atom stereocenters. The van der Waals surface area contributed by atoms with Crippen molar-refractivity contribution in [2.24, 2.45) is 0 Å². The lowest BCUT2D eigenvalue weighted by Gasteiger charge is -2.34. The highest BCUT2D eigenvalue weighted by Crippen LogP contribution is 2.25. The molecule has 0 aromatic carbocycles. The van der Waals surface area contributed by atoms with Gasteiger partial charge in [0, 0.05) is 55.7 Å². The number of rotatable bonds is 3. The first-order chi connectivity index (χ1) is 12.2. The summed E-state index contributed by atoms with van der Waals surface area (Å²) >= 11 is 3.51. The number of fused-ring (bicyclic) bond motifs is 1. The Morgan fingerprint density at radius 2 is 2.08 bits per heavy atom. The van der Waals surface area contributed by atoms with Crippen molar-refractivity contribution in [3.8, 4) is 0 Å². The van der Waals surface area contributed by atoms with Crippen LogP contribution in [-0.4, -0.2) is 59.5 Å². The summed E-state index contributed by atoms with van der Waals surface area (Å²) in [5, 5.41) is 5.27. The predicted octanol–water partition coefficient (Wildman–Crippen LogP) is 2.69. The molecule has 0 N–H and O–H groups in total. The van der Waals surface area contributed by atoms with Crippen LogP contribution in [0.3, 0.4) is 0 Å². The van der Waals surface area contributed by atoms with Gasteiger partial charge in [0.1, 0.15) is 0 Å². The van der Waals surface area contributed by atoms with E-state index in [4.69, 9.17) is 0 Å². The van der Waals surface area contributed by atoms with E-state index in [-0.39, 0.29) is 11.9 Å². The van der Waals surface area contributed by atoms with Gasteiger partial charge in [0.15, 0.2) is 5.13 Å². The third-order valence-electron chi connectivity index (χ3n) is 5.24. The fraction of sp³-hybridized carbons (Fsp3) is 0.556. The maximum atomic E-state index is 13.0. The van der Waals surface area contributed by atoms with Crippen molar-refractivity contribution in [2.45, 2.75) is 32.4 Å². The molecule has 7 heteroatoms. The minimum atomic E-state index is -0.0450. The summed E-state index contributed by atoms with van der Waals surface area (Å²) in [6, 6.07) is 2.12. The van der Waals surface area contributed by atoms with Gasteiger partial charge in [-0.3, -0.25) is 9.69 Å². The predicted molar refractivity (Wildman–Crippen MR) is 103 cm³/mol. The summed E-state index contributed by atoms with van der Waals surface area (Å²) < 4.78 is 0. The molecule has 0 spiro atoms. The third-order valence-corrected chi connectivity index (χ3v) is 7.10. The van der Waals surface area contributed by atoms with E-state index in [1.807, 2.05) is 27.8 Å². The highest BCUT2D eigenvalue weighted by atomic mass is 32.1. The number of carbonyl (C=O) groups is 1. The van der Waals surface area contributed by atoms with Crippen molar-refractivity contribution in [1.29, 1.82) is 0 Å². The first kappa shape index (κ1) is 17.0. The van der Waals surface area contributed by atoms with E-state index in [1.54, 1.807) is 11.3 Å². The first-order valence-electron chi connectivity index (χ1n) is 8.95. The molecule has 0 bridgehead atoms. The van der Waals surface area contributed by atoms with E-state index in [0.717, 1.165) is 57.2 Å². The Morgan fingerprint density at radius 1 is 1.16 bits per heavy atom. The zero-order valence-electron chi connectivity index (χ0n) is 14.6. The second-order valence-corrected chi connectivity index (χ2v) is 8.62. The molecule has 1 saturated heterocycles. The molecule has 2 aromatic heterocycles. The van der Waals surface area contributed by atoms with Crippen LogP contribution in [0.25, 0.3) is 0 Å². The molecular weight excluding hydrogens is 352 g/mol. The summed E-state index contributed by atoms with van der Waals surface area (Å²) in [5.41, 5.74) is 1.34. The standard InChI is InChI=1S/C18H24N4OS2/c1-14(17(23)22-8-3-16-15(13-22)4-11-24-16)20-6-2-7-21(10-9-20)18-19-5-12-25-18/h4-5,11-12,14H,2-3,6-10,13H2,1H3/t14-/m0/s1. The minimum Gasteiger partial charge on any atom is -0.347 e. The average molecular weight is 377 g/mol. The van der Waals surface area contributed by atoms with Crippen LogP contribution in [0.15, 0.2) is 23.0 Å². The maximum Gasteiger partial charge on any atom is 0.239 e. The molecule has 1 atom stereocenters. The topological polar surface area (TPSA) is 39.7 Å². The number of nitrogens with zero attached hydrogens (tertiary/aromatic N) is 4. The molecule has 1 amide bonds. The number of hydrogen-bond acceptors (Lipinski definition) is 6. The lowest BCUT2D eigenvalue weighted by Crippen LogP contribution is -2.49. The lowest BCUT2D eigenvalue weighted by molar-refractivity contribution is -0.137. The zero-order chi connectivity index (χ0) is 17.2. The van der Waals surface area contributed by atoms with E-state index >= 15 is 0 Å². The largest absolute Gasteiger partial charge is 0.347 e. The molecule has 0 saturated carbocycles. The second-order valence-electron chi connectivity index (χ2n) is 6.75. The Kier molecular flexibility index (Phi) is 5.05. The van der Waals surface area contributed by atoms with Crippen LogP contribution in [0, 0.1) is 0 Å². The van der Waals surface area contributed by atoms with Gasteiger partial charge in [-0.15, -0.1) is 22.7 Å². The molecule has 2 aromatic rings. The summed E-state index contributed by atoms with van der Waals surface area (Å²) in [6.45, 7) is 7.57. The maximum absolute atomic E-state index is 13.0. The van der Waals surface area contributed by atoms with Crippen molar-refractivity contribution in [3.63, 3.8) is 0 Å².